The second-order valence-electron chi connectivity index (χ2n) is 5.05. The topological polar surface area (TPSA) is 52.7 Å². The zero-order valence-corrected chi connectivity index (χ0v) is 13.8. The molecule has 0 spiro atoms. The number of alkyl halides is 3. The molecule has 0 bridgehead atoms. The van der Waals surface area contributed by atoms with Crippen LogP contribution in [0.15, 0.2) is 47.5 Å². The van der Waals surface area contributed by atoms with Gasteiger partial charge in [0, 0.05) is 23.0 Å². The van der Waals surface area contributed by atoms with E-state index in [-0.39, 0.29) is 16.4 Å². The van der Waals surface area contributed by atoms with E-state index in [1.165, 1.54) is 42.7 Å². The smallest absolute Gasteiger partial charge is 0.263 e. The van der Waals surface area contributed by atoms with Crippen molar-refractivity contribution in [1.29, 1.82) is 0 Å². The molecule has 3 aromatic rings. The van der Waals surface area contributed by atoms with Gasteiger partial charge in [0.25, 0.3) is 0 Å². The molecule has 10 heteroatoms. The minimum atomic E-state index is -4.59. The number of rotatable bonds is 3. The van der Waals surface area contributed by atoms with Crippen LogP contribution in [-0.4, -0.2) is 25.5 Å². The molecule has 2 aromatic heterocycles. The Hall–Kier alpha value is -2.32. The van der Waals surface area contributed by atoms with E-state index >= 15 is 0 Å². The lowest BCUT2D eigenvalue weighted by Crippen LogP contribution is -2.30. The van der Waals surface area contributed by atoms with E-state index in [9.17, 15) is 18.0 Å². The molecule has 0 fully saturated rings. The quantitative estimate of drug-likeness (QED) is 0.682. The van der Waals surface area contributed by atoms with Crippen LogP contribution in [0.1, 0.15) is 0 Å². The predicted octanol–water partition coefficient (Wildman–Crippen LogP) is 3.97. The number of benzene rings is 1. The molecule has 2 heterocycles. The van der Waals surface area contributed by atoms with Gasteiger partial charge in [-0.25, -0.2) is 14.0 Å². The Balaban J connectivity index is 2.26. The van der Waals surface area contributed by atoms with E-state index in [4.69, 9.17) is 23.2 Å². The fourth-order valence-corrected chi connectivity index (χ4v) is 2.56. The third-order valence-corrected chi connectivity index (χ3v) is 3.82. The molecule has 0 radical (unpaired) electrons. The maximum absolute atomic E-state index is 12.7. The van der Waals surface area contributed by atoms with E-state index in [1.807, 2.05) is 0 Å². The van der Waals surface area contributed by atoms with E-state index in [2.05, 4.69) is 10.1 Å². The zero-order valence-electron chi connectivity index (χ0n) is 12.3. The number of nitrogens with zero attached hydrogens (tertiary/aromatic N) is 4. The van der Waals surface area contributed by atoms with Crippen LogP contribution in [0.2, 0.25) is 10.0 Å². The van der Waals surface area contributed by atoms with Crippen LogP contribution in [0.4, 0.5) is 13.2 Å². The average molecular weight is 389 g/mol. The number of hydrogen-bond donors (Lipinski definition) is 0. The predicted molar refractivity (Wildman–Crippen MR) is 87.1 cm³/mol. The first-order chi connectivity index (χ1) is 11.8. The van der Waals surface area contributed by atoms with Crippen LogP contribution in [0.5, 0.6) is 0 Å². The summed E-state index contributed by atoms with van der Waals surface area (Å²) in [5.41, 5.74) is -0.349. The Bertz CT molecular complexity index is 964. The molecule has 0 N–H and O–H groups in total. The molecule has 0 amide bonds. The fraction of sp³-hybridized carbons (Fsp3) is 0.133. The first kappa shape index (κ1) is 17.5. The lowest BCUT2D eigenvalue weighted by atomic mass is 10.2. The van der Waals surface area contributed by atoms with E-state index in [1.54, 1.807) is 0 Å². The SMILES string of the molecule is O=c1n(CC(F)(F)F)nc(-c2ccncc2Cl)n1-c1ccc(Cl)cc1. The summed E-state index contributed by atoms with van der Waals surface area (Å²) in [4.78, 5) is 16.3. The van der Waals surface area contributed by atoms with E-state index in [0.717, 1.165) is 4.57 Å². The highest BCUT2D eigenvalue weighted by Gasteiger charge is 2.31. The maximum Gasteiger partial charge on any atom is 0.408 e. The highest BCUT2D eigenvalue weighted by Crippen LogP contribution is 2.27. The van der Waals surface area contributed by atoms with Crippen molar-refractivity contribution in [3.05, 3.63) is 63.3 Å². The van der Waals surface area contributed by atoms with Crippen LogP contribution in [0, 0.1) is 0 Å². The summed E-state index contributed by atoms with van der Waals surface area (Å²) in [6.07, 6.45) is -1.88. The summed E-state index contributed by atoms with van der Waals surface area (Å²) in [5.74, 6) is -0.0241. The van der Waals surface area contributed by atoms with E-state index < -0.39 is 18.4 Å². The first-order valence-corrected chi connectivity index (χ1v) is 7.64. The van der Waals surface area contributed by atoms with Crippen molar-refractivity contribution in [3.8, 4) is 17.1 Å². The summed E-state index contributed by atoms with van der Waals surface area (Å²) in [5, 5.41) is 4.40. The van der Waals surface area contributed by atoms with Gasteiger partial charge in [-0.1, -0.05) is 23.2 Å². The number of halogens is 5. The van der Waals surface area contributed by atoms with Crippen molar-refractivity contribution in [2.45, 2.75) is 12.7 Å². The highest BCUT2D eigenvalue weighted by atomic mass is 35.5. The summed E-state index contributed by atoms with van der Waals surface area (Å²) in [7, 11) is 0. The summed E-state index contributed by atoms with van der Waals surface area (Å²) in [6.45, 7) is -1.51. The van der Waals surface area contributed by atoms with Gasteiger partial charge in [-0.15, -0.1) is 5.10 Å². The van der Waals surface area contributed by atoms with Crippen molar-refractivity contribution in [3.63, 3.8) is 0 Å². The number of pyridine rings is 1. The van der Waals surface area contributed by atoms with Crippen LogP contribution in [0.25, 0.3) is 17.1 Å². The largest absolute Gasteiger partial charge is 0.408 e. The summed E-state index contributed by atoms with van der Waals surface area (Å²) < 4.78 is 39.6. The van der Waals surface area contributed by atoms with Gasteiger partial charge >= 0.3 is 11.9 Å². The molecule has 0 atom stereocenters. The summed E-state index contributed by atoms with van der Waals surface area (Å²) in [6, 6.07) is 7.50. The van der Waals surface area contributed by atoms with Gasteiger partial charge < -0.3 is 0 Å². The molecule has 25 heavy (non-hydrogen) atoms. The monoisotopic (exact) mass is 388 g/mol. The lowest BCUT2D eigenvalue weighted by Gasteiger charge is -2.06. The van der Waals surface area contributed by atoms with Gasteiger partial charge in [0.05, 0.1) is 10.7 Å². The number of aromatic nitrogens is 4. The fourth-order valence-electron chi connectivity index (χ4n) is 2.23. The molecular formula is C15H9Cl2F3N4O. The van der Waals surface area contributed by atoms with Crippen LogP contribution >= 0.6 is 23.2 Å². The molecule has 1 aromatic carbocycles. The van der Waals surface area contributed by atoms with Gasteiger partial charge in [0.15, 0.2) is 5.82 Å². The van der Waals surface area contributed by atoms with Crippen molar-refractivity contribution in [1.82, 2.24) is 19.3 Å². The molecule has 0 aliphatic heterocycles. The van der Waals surface area contributed by atoms with Crippen molar-refractivity contribution in [2.75, 3.05) is 0 Å². The normalized spacial score (nSPS) is 11.7. The van der Waals surface area contributed by atoms with Gasteiger partial charge in [0.1, 0.15) is 6.54 Å². The third kappa shape index (κ3) is 3.69. The Morgan fingerprint density at radius 3 is 2.36 bits per heavy atom. The van der Waals surface area contributed by atoms with Crippen LogP contribution in [0.3, 0.4) is 0 Å². The van der Waals surface area contributed by atoms with Crippen molar-refractivity contribution < 1.29 is 13.2 Å². The number of hydrogen-bond acceptors (Lipinski definition) is 3. The molecule has 0 saturated heterocycles. The Morgan fingerprint density at radius 2 is 1.76 bits per heavy atom. The third-order valence-electron chi connectivity index (χ3n) is 3.27. The Labute approximate surface area is 149 Å². The molecule has 0 aliphatic carbocycles. The van der Waals surface area contributed by atoms with Gasteiger partial charge in [-0.3, -0.25) is 4.98 Å². The molecule has 0 saturated carbocycles. The second-order valence-corrected chi connectivity index (χ2v) is 5.89. The lowest BCUT2D eigenvalue weighted by molar-refractivity contribution is -0.143. The highest BCUT2D eigenvalue weighted by molar-refractivity contribution is 6.33. The molecule has 0 aliphatic rings. The van der Waals surface area contributed by atoms with Gasteiger partial charge in [-0.2, -0.15) is 13.2 Å². The molecule has 130 valence electrons. The standard InChI is InChI=1S/C15H9Cl2F3N4O/c16-9-1-3-10(4-2-9)24-13(11-5-6-21-7-12(11)17)22-23(14(24)25)8-15(18,19)20/h1-7H,8H2. The maximum atomic E-state index is 12.7. The van der Waals surface area contributed by atoms with Gasteiger partial charge in [0.2, 0.25) is 0 Å². The Kier molecular flexibility index (Phi) is 4.57. The van der Waals surface area contributed by atoms with Crippen LogP contribution < -0.4 is 5.69 Å². The molecular weight excluding hydrogens is 380 g/mol. The van der Waals surface area contributed by atoms with Crippen molar-refractivity contribution in [2.24, 2.45) is 0 Å². The average Bonchev–Trinajstić information content (AvgIpc) is 2.84. The zero-order chi connectivity index (χ0) is 18.2. The Morgan fingerprint density at radius 1 is 1.08 bits per heavy atom. The minimum Gasteiger partial charge on any atom is -0.263 e. The van der Waals surface area contributed by atoms with Gasteiger partial charge in [-0.05, 0) is 30.3 Å². The van der Waals surface area contributed by atoms with E-state index in [0.29, 0.717) is 15.4 Å². The first-order valence-electron chi connectivity index (χ1n) is 6.89. The van der Waals surface area contributed by atoms with Crippen molar-refractivity contribution >= 4 is 23.2 Å². The summed E-state index contributed by atoms with van der Waals surface area (Å²) >= 11 is 11.9. The molecule has 0 unspecified atom stereocenters. The van der Waals surface area contributed by atoms with Crippen LogP contribution in [-0.2, 0) is 6.54 Å². The second kappa shape index (κ2) is 6.53. The minimum absolute atomic E-state index is 0.0241. The molecule has 3 rings (SSSR count). The molecule has 5 nitrogen and oxygen atoms in total.